The van der Waals surface area contributed by atoms with Gasteiger partial charge in [0.1, 0.15) is 0 Å². The van der Waals surface area contributed by atoms with Crippen LogP contribution in [-0.4, -0.2) is 37.6 Å². The van der Waals surface area contributed by atoms with E-state index in [1.165, 1.54) is 45.3 Å². The van der Waals surface area contributed by atoms with Gasteiger partial charge >= 0.3 is 0 Å². The van der Waals surface area contributed by atoms with Crippen molar-refractivity contribution in [2.24, 2.45) is 11.8 Å². The number of likely N-dealkylation sites (tertiary alicyclic amines) is 1. The molecule has 1 N–H and O–H groups in total. The van der Waals surface area contributed by atoms with Crippen molar-refractivity contribution in [3.63, 3.8) is 0 Å². The summed E-state index contributed by atoms with van der Waals surface area (Å²) in [6, 6.07) is 0.757. The molecule has 0 spiro atoms. The Balaban J connectivity index is 1.68. The van der Waals surface area contributed by atoms with Gasteiger partial charge < -0.3 is 10.2 Å². The van der Waals surface area contributed by atoms with Gasteiger partial charge in [0.25, 0.3) is 0 Å². The first-order valence-corrected chi connectivity index (χ1v) is 6.19. The van der Waals surface area contributed by atoms with Crippen LogP contribution in [0.25, 0.3) is 0 Å². The quantitative estimate of drug-likeness (QED) is 0.736. The van der Waals surface area contributed by atoms with Crippen LogP contribution in [0.15, 0.2) is 0 Å². The lowest BCUT2D eigenvalue weighted by molar-refractivity contribution is 0.148. The molecule has 14 heavy (non-hydrogen) atoms. The van der Waals surface area contributed by atoms with Crippen LogP contribution in [0.2, 0.25) is 0 Å². The Bertz CT molecular complexity index is 177. The Morgan fingerprint density at radius 1 is 1.29 bits per heavy atom. The van der Waals surface area contributed by atoms with Gasteiger partial charge in [-0.3, -0.25) is 0 Å². The number of rotatable bonds is 4. The number of hydrogen-bond acceptors (Lipinski definition) is 2. The van der Waals surface area contributed by atoms with Crippen molar-refractivity contribution < 1.29 is 0 Å². The predicted molar refractivity (Wildman–Crippen MR) is 60.4 cm³/mol. The summed E-state index contributed by atoms with van der Waals surface area (Å²) in [6.07, 6.45) is 5.80. The molecule has 2 heteroatoms. The van der Waals surface area contributed by atoms with Crippen LogP contribution in [0, 0.1) is 11.8 Å². The SMILES string of the molecule is CNC1CCN(CCC2CC2)CC1C. The van der Waals surface area contributed by atoms with Crippen molar-refractivity contribution in [2.75, 3.05) is 26.7 Å². The zero-order valence-electron chi connectivity index (χ0n) is 9.63. The van der Waals surface area contributed by atoms with Crippen molar-refractivity contribution in [3.05, 3.63) is 0 Å². The number of hydrogen-bond donors (Lipinski definition) is 1. The van der Waals surface area contributed by atoms with Crippen LogP contribution >= 0.6 is 0 Å². The minimum atomic E-state index is 0.757. The van der Waals surface area contributed by atoms with Gasteiger partial charge in [0.15, 0.2) is 0 Å². The molecule has 1 saturated heterocycles. The molecular weight excluding hydrogens is 172 g/mol. The van der Waals surface area contributed by atoms with Gasteiger partial charge in [-0.1, -0.05) is 19.8 Å². The van der Waals surface area contributed by atoms with E-state index in [0.717, 1.165) is 17.9 Å². The zero-order valence-corrected chi connectivity index (χ0v) is 9.63. The average Bonchev–Trinajstić information content (AvgIpc) is 2.98. The number of nitrogens with zero attached hydrogens (tertiary/aromatic N) is 1. The Hall–Kier alpha value is -0.0800. The topological polar surface area (TPSA) is 15.3 Å². The minimum absolute atomic E-state index is 0.757. The highest BCUT2D eigenvalue weighted by molar-refractivity contribution is 4.83. The molecule has 82 valence electrons. The van der Waals surface area contributed by atoms with E-state index in [-0.39, 0.29) is 0 Å². The maximum atomic E-state index is 3.42. The van der Waals surface area contributed by atoms with Crippen molar-refractivity contribution in [2.45, 2.75) is 38.6 Å². The summed E-state index contributed by atoms with van der Waals surface area (Å²) in [5, 5.41) is 3.42. The summed E-state index contributed by atoms with van der Waals surface area (Å²) < 4.78 is 0. The summed E-state index contributed by atoms with van der Waals surface area (Å²) in [5.74, 6) is 1.92. The first kappa shape index (κ1) is 10.4. The molecular formula is C12H24N2. The Kier molecular flexibility index (Phi) is 3.45. The van der Waals surface area contributed by atoms with E-state index in [4.69, 9.17) is 0 Å². The highest BCUT2D eigenvalue weighted by Crippen LogP contribution is 2.32. The third-order valence-corrected chi connectivity index (χ3v) is 3.91. The molecule has 0 aromatic heterocycles. The van der Waals surface area contributed by atoms with Crippen molar-refractivity contribution in [1.29, 1.82) is 0 Å². The first-order chi connectivity index (χ1) is 6.79. The van der Waals surface area contributed by atoms with E-state index in [9.17, 15) is 0 Å². The van der Waals surface area contributed by atoms with E-state index >= 15 is 0 Å². The maximum absolute atomic E-state index is 3.42. The van der Waals surface area contributed by atoms with Crippen molar-refractivity contribution in [1.82, 2.24) is 10.2 Å². The van der Waals surface area contributed by atoms with Gasteiger partial charge in [-0.2, -0.15) is 0 Å². The second kappa shape index (κ2) is 4.63. The summed E-state index contributed by atoms with van der Waals surface area (Å²) in [6.45, 7) is 6.34. The highest BCUT2D eigenvalue weighted by atomic mass is 15.1. The first-order valence-electron chi connectivity index (χ1n) is 6.19. The summed E-state index contributed by atoms with van der Waals surface area (Å²) in [5.41, 5.74) is 0. The molecule has 0 aromatic rings. The molecule has 0 radical (unpaired) electrons. The van der Waals surface area contributed by atoms with Crippen LogP contribution < -0.4 is 5.32 Å². The molecule has 2 unspecified atom stereocenters. The van der Waals surface area contributed by atoms with Gasteiger partial charge in [-0.25, -0.2) is 0 Å². The smallest absolute Gasteiger partial charge is 0.0114 e. The highest BCUT2D eigenvalue weighted by Gasteiger charge is 2.26. The fraction of sp³-hybridized carbons (Fsp3) is 1.00. The molecule has 2 rings (SSSR count). The van der Waals surface area contributed by atoms with Gasteiger partial charge in [0.2, 0.25) is 0 Å². The molecule has 1 aliphatic carbocycles. The Morgan fingerprint density at radius 2 is 2.07 bits per heavy atom. The van der Waals surface area contributed by atoms with E-state index in [1.54, 1.807) is 0 Å². The standard InChI is InChI=1S/C12H24N2/c1-10-9-14(7-5-11-3-4-11)8-6-12(10)13-2/h10-13H,3-9H2,1-2H3. The number of nitrogens with one attached hydrogen (secondary N) is 1. The third kappa shape index (κ3) is 2.71. The van der Waals surface area contributed by atoms with Gasteiger partial charge in [0, 0.05) is 12.6 Å². The normalized spacial score (nSPS) is 34.7. The zero-order chi connectivity index (χ0) is 9.97. The maximum Gasteiger partial charge on any atom is 0.0114 e. The monoisotopic (exact) mass is 196 g/mol. The summed E-state index contributed by atoms with van der Waals surface area (Å²) >= 11 is 0. The van der Waals surface area contributed by atoms with Gasteiger partial charge in [0.05, 0.1) is 0 Å². The third-order valence-electron chi connectivity index (χ3n) is 3.91. The van der Waals surface area contributed by atoms with Crippen LogP contribution in [0.3, 0.4) is 0 Å². The van der Waals surface area contributed by atoms with Crippen LogP contribution in [0.4, 0.5) is 0 Å². The molecule has 1 aliphatic heterocycles. The molecule has 0 aromatic carbocycles. The van der Waals surface area contributed by atoms with E-state index in [0.29, 0.717) is 0 Å². The van der Waals surface area contributed by atoms with Crippen LogP contribution in [0.1, 0.15) is 32.6 Å². The lowest BCUT2D eigenvalue weighted by Crippen LogP contribution is -2.47. The van der Waals surface area contributed by atoms with Crippen molar-refractivity contribution >= 4 is 0 Å². The molecule has 1 heterocycles. The Morgan fingerprint density at radius 3 is 2.64 bits per heavy atom. The van der Waals surface area contributed by atoms with Crippen LogP contribution in [-0.2, 0) is 0 Å². The molecule has 2 nitrogen and oxygen atoms in total. The molecule has 0 amide bonds. The lowest BCUT2D eigenvalue weighted by Gasteiger charge is -2.36. The minimum Gasteiger partial charge on any atom is -0.317 e. The largest absolute Gasteiger partial charge is 0.317 e. The number of piperidine rings is 1. The Labute approximate surface area is 88.1 Å². The molecule has 1 saturated carbocycles. The fourth-order valence-corrected chi connectivity index (χ4v) is 2.64. The van der Waals surface area contributed by atoms with Crippen LogP contribution in [0.5, 0.6) is 0 Å². The fourth-order valence-electron chi connectivity index (χ4n) is 2.64. The van der Waals surface area contributed by atoms with Gasteiger partial charge in [-0.05, 0) is 44.8 Å². The predicted octanol–water partition coefficient (Wildman–Crippen LogP) is 1.72. The second-order valence-corrected chi connectivity index (χ2v) is 5.19. The summed E-state index contributed by atoms with van der Waals surface area (Å²) in [7, 11) is 2.10. The van der Waals surface area contributed by atoms with Crippen molar-refractivity contribution in [3.8, 4) is 0 Å². The molecule has 0 bridgehead atoms. The van der Waals surface area contributed by atoms with E-state index in [1.807, 2.05) is 0 Å². The summed E-state index contributed by atoms with van der Waals surface area (Å²) in [4.78, 5) is 2.66. The molecule has 2 aliphatic rings. The van der Waals surface area contributed by atoms with E-state index in [2.05, 4.69) is 24.2 Å². The average molecular weight is 196 g/mol. The molecule has 2 fully saturated rings. The van der Waals surface area contributed by atoms with E-state index < -0.39 is 0 Å². The second-order valence-electron chi connectivity index (χ2n) is 5.19. The molecule has 2 atom stereocenters. The lowest BCUT2D eigenvalue weighted by atomic mass is 9.94. The van der Waals surface area contributed by atoms with Gasteiger partial charge in [-0.15, -0.1) is 0 Å².